The lowest BCUT2D eigenvalue weighted by molar-refractivity contribution is -0.162. The van der Waals surface area contributed by atoms with Gasteiger partial charge in [0.15, 0.2) is 11.0 Å². The number of carbonyl (C=O) groups excluding carboxylic acids is 2. The quantitative estimate of drug-likeness (QED) is 0.137. The number of benzene rings is 3. The number of nitrogens with zero attached hydrogens (tertiary/aromatic N) is 3. The molecule has 1 unspecified atom stereocenters. The number of anilines is 1. The van der Waals surface area contributed by atoms with Crippen LogP contribution in [0, 0.1) is 12.8 Å². The van der Waals surface area contributed by atoms with Gasteiger partial charge in [0.25, 0.3) is 0 Å². The molecule has 5 aromatic rings. The number of hydrogen-bond donors (Lipinski definition) is 1. The van der Waals surface area contributed by atoms with E-state index in [1.165, 1.54) is 17.7 Å². The Hall–Kier alpha value is -4.28. The largest absolute Gasteiger partial charge is 0.465 e. The SMILES string of the molecule is CCOC(=O)C(C(=O)OCC)C(Nc1nc2ccc(C)cc2s1)c1ccc(Oc2ncnc3cc(Cl)ccc23)cc1. The lowest BCUT2D eigenvalue weighted by atomic mass is 9.92. The van der Waals surface area contributed by atoms with Crippen LogP contribution in [-0.4, -0.2) is 40.1 Å². The van der Waals surface area contributed by atoms with E-state index in [0.717, 1.165) is 15.8 Å². The molecule has 9 nitrogen and oxygen atoms in total. The minimum atomic E-state index is -1.27. The van der Waals surface area contributed by atoms with Crippen molar-refractivity contribution >= 4 is 61.1 Å². The van der Waals surface area contributed by atoms with Gasteiger partial charge in [-0.2, -0.15) is 0 Å². The molecule has 0 bridgehead atoms. The third-order valence-corrected chi connectivity index (χ3v) is 7.44. The maximum absolute atomic E-state index is 13.1. The number of aromatic nitrogens is 3. The van der Waals surface area contributed by atoms with Crippen molar-refractivity contribution < 1.29 is 23.8 Å². The van der Waals surface area contributed by atoms with Gasteiger partial charge in [0, 0.05) is 5.02 Å². The highest BCUT2D eigenvalue weighted by molar-refractivity contribution is 7.22. The van der Waals surface area contributed by atoms with Crippen molar-refractivity contribution in [1.29, 1.82) is 0 Å². The molecule has 2 aromatic heterocycles. The van der Waals surface area contributed by atoms with Gasteiger partial charge in [-0.1, -0.05) is 41.1 Å². The molecular formula is C30H27ClN4O5S. The van der Waals surface area contributed by atoms with Crippen molar-refractivity contribution in [2.75, 3.05) is 18.5 Å². The third-order valence-electron chi connectivity index (χ3n) is 6.25. The molecule has 1 N–H and O–H groups in total. The summed E-state index contributed by atoms with van der Waals surface area (Å²) in [6.45, 7) is 5.62. The van der Waals surface area contributed by atoms with E-state index in [4.69, 9.17) is 25.8 Å². The van der Waals surface area contributed by atoms with Crippen LogP contribution >= 0.6 is 22.9 Å². The Labute approximate surface area is 245 Å². The predicted octanol–water partition coefficient (Wildman–Crippen LogP) is 6.89. The maximum Gasteiger partial charge on any atom is 0.322 e. The van der Waals surface area contributed by atoms with Gasteiger partial charge in [-0.25, -0.2) is 15.0 Å². The molecule has 0 saturated heterocycles. The molecule has 0 amide bonds. The van der Waals surface area contributed by atoms with Crippen LogP contribution < -0.4 is 10.1 Å². The first-order chi connectivity index (χ1) is 19.9. The minimum absolute atomic E-state index is 0.118. The Morgan fingerprint density at radius 3 is 2.37 bits per heavy atom. The summed E-state index contributed by atoms with van der Waals surface area (Å²) in [5.41, 5.74) is 3.21. The maximum atomic E-state index is 13.1. The Morgan fingerprint density at radius 1 is 0.927 bits per heavy atom. The second-order valence-corrected chi connectivity index (χ2v) is 10.6. The molecule has 11 heteroatoms. The first-order valence-corrected chi connectivity index (χ1v) is 14.2. The highest BCUT2D eigenvalue weighted by Crippen LogP contribution is 2.35. The molecule has 1 atom stereocenters. The summed E-state index contributed by atoms with van der Waals surface area (Å²) in [6.07, 6.45) is 1.41. The van der Waals surface area contributed by atoms with Crippen LogP contribution in [0.5, 0.6) is 11.6 Å². The number of ether oxygens (including phenoxy) is 3. The van der Waals surface area contributed by atoms with Gasteiger partial charge in [0.2, 0.25) is 5.88 Å². The van der Waals surface area contributed by atoms with E-state index in [2.05, 4.69) is 20.3 Å². The van der Waals surface area contributed by atoms with Crippen LogP contribution in [0.2, 0.25) is 5.02 Å². The Morgan fingerprint density at radius 2 is 1.66 bits per heavy atom. The van der Waals surface area contributed by atoms with Gasteiger partial charge in [-0.3, -0.25) is 9.59 Å². The predicted molar refractivity (Wildman–Crippen MR) is 159 cm³/mol. The number of nitrogens with one attached hydrogen (secondary N) is 1. The second-order valence-electron chi connectivity index (χ2n) is 9.11. The number of thiazole rings is 1. The molecule has 3 aromatic carbocycles. The van der Waals surface area contributed by atoms with E-state index in [9.17, 15) is 9.59 Å². The third kappa shape index (κ3) is 6.39. The van der Waals surface area contributed by atoms with Gasteiger partial charge in [-0.15, -0.1) is 0 Å². The lowest BCUT2D eigenvalue weighted by Gasteiger charge is -2.25. The van der Waals surface area contributed by atoms with Crippen LogP contribution in [0.15, 0.2) is 67.0 Å². The average molecular weight is 591 g/mol. The minimum Gasteiger partial charge on any atom is -0.465 e. The van der Waals surface area contributed by atoms with Crippen molar-refractivity contribution in [3.05, 3.63) is 83.1 Å². The first kappa shape index (κ1) is 28.3. The summed E-state index contributed by atoms with van der Waals surface area (Å²) in [5, 5.41) is 5.14. The van der Waals surface area contributed by atoms with Crippen molar-refractivity contribution in [1.82, 2.24) is 15.0 Å². The molecule has 0 saturated carbocycles. The molecule has 0 aliphatic rings. The summed E-state index contributed by atoms with van der Waals surface area (Å²) in [7, 11) is 0. The lowest BCUT2D eigenvalue weighted by Crippen LogP contribution is -2.36. The van der Waals surface area contributed by atoms with Crippen LogP contribution in [0.3, 0.4) is 0 Å². The van der Waals surface area contributed by atoms with Gasteiger partial charge in [-0.05, 0) is 74.4 Å². The number of carbonyl (C=O) groups is 2. The number of rotatable bonds is 10. The number of aryl methyl sites for hydroxylation is 1. The Kier molecular flexibility index (Phi) is 8.61. The van der Waals surface area contributed by atoms with Crippen LogP contribution in [0.4, 0.5) is 5.13 Å². The zero-order valence-electron chi connectivity index (χ0n) is 22.6. The normalized spacial score (nSPS) is 11.9. The van der Waals surface area contributed by atoms with Crippen molar-refractivity contribution in [2.45, 2.75) is 26.8 Å². The second kappa shape index (κ2) is 12.5. The Bertz CT molecular complexity index is 1690. The summed E-state index contributed by atoms with van der Waals surface area (Å²) in [5.74, 6) is -1.78. The molecule has 0 spiro atoms. The van der Waals surface area contributed by atoms with E-state index in [0.29, 0.717) is 38.3 Å². The van der Waals surface area contributed by atoms with Gasteiger partial charge in [0.05, 0.1) is 40.4 Å². The number of fused-ring (bicyclic) bond motifs is 2. The molecule has 0 fully saturated rings. The summed E-state index contributed by atoms with van der Waals surface area (Å²) in [4.78, 5) is 39.4. The van der Waals surface area contributed by atoms with E-state index in [1.807, 2.05) is 25.1 Å². The topological polar surface area (TPSA) is 113 Å². The standard InChI is InChI=1S/C30H27ClN4O5S/c1-4-38-28(36)25(29(37)39-5-2)26(35-30-34-22-13-6-17(3)14-24(22)41-30)18-7-10-20(11-8-18)40-27-21-12-9-19(31)15-23(21)32-16-33-27/h6-16,25-26H,4-5H2,1-3H3,(H,34,35). The van der Waals surface area contributed by atoms with Gasteiger partial charge < -0.3 is 19.5 Å². The molecule has 41 heavy (non-hydrogen) atoms. The van der Waals surface area contributed by atoms with Gasteiger partial charge >= 0.3 is 11.9 Å². The number of halogens is 1. The highest BCUT2D eigenvalue weighted by atomic mass is 35.5. The summed E-state index contributed by atoms with van der Waals surface area (Å²) >= 11 is 7.53. The molecular weight excluding hydrogens is 564 g/mol. The van der Waals surface area contributed by atoms with E-state index >= 15 is 0 Å². The smallest absolute Gasteiger partial charge is 0.322 e. The van der Waals surface area contributed by atoms with Gasteiger partial charge in [0.1, 0.15) is 12.1 Å². The van der Waals surface area contributed by atoms with E-state index in [1.54, 1.807) is 56.3 Å². The average Bonchev–Trinajstić information content (AvgIpc) is 3.35. The van der Waals surface area contributed by atoms with Crippen LogP contribution in [0.25, 0.3) is 21.1 Å². The highest BCUT2D eigenvalue weighted by Gasteiger charge is 2.39. The van der Waals surface area contributed by atoms with Crippen molar-refractivity contribution in [3.63, 3.8) is 0 Å². The van der Waals surface area contributed by atoms with Crippen molar-refractivity contribution in [3.8, 4) is 11.6 Å². The molecule has 0 radical (unpaired) electrons. The van der Waals surface area contributed by atoms with E-state index < -0.39 is 23.9 Å². The summed E-state index contributed by atoms with van der Waals surface area (Å²) in [6, 6.07) is 17.4. The zero-order valence-corrected chi connectivity index (χ0v) is 24.2. The zero-order chi connectivity index (χ0) is 28.9. The first-order valence-electron chi connectivity index (χ1n) is 13.0. The monoisotopic (exact) mass is 590 g/mol. The Balaban J connectivity index is 1.49. The number of esters is 2. The van der Waals surface area contributed by atoms with Crippen molar-refractivity contribution in [2.24, 2.45) is 5.92 Å². The van der Waals surface area contributed by atoms with Crippen LogP contribution in [-0.2, 0) is 19.1 Å². The fraction of sp³-hybridized carbons (Fsp3) is 0.233. The molecule has 5 rings (SSSR count). The fourth-order valence-electron chi connectivity index (χ4n) is 4.36. The molecule has 2 heterocycles. The summed E-state index contributed by atoms with van der Waals surface area (Å²) < 4.78 is 17.6. The fourth-order valence-corrected chi connectivity index (χ4v) is 5.53. The van der Waals surface area contributed by atoms with E-state index in [-0.39, 0.29) is 13.2 Å². The number of hydrogen-bond acceptors (Lipinski definition) is 10. The molecule has 0 aliphatic heterocycles. The molecule has 0 aliphatic carbocycles. The van der Waals surface area contributed by atoms with Crippen LogP contribution in [0.1, 0.15) is 31.0 Å². The molecule has 210 valence electrons.